The van der Waals surface area contributed by atoms with E-state index in [4.69, 9.17) is 0 Å². The summed E-state index contributed by atoms with van der Waals surface area (Å²) in [4.78, 5) is 0. The molecule has 2 aliphatic heterocycles. The number of hydrogen-bond donors (Lipinski definition) is 0. The van der Waals surface area contributed by atoms with Gasteiger partial charge in [-0.25, -0.2) is 0 Å². The van der Waals surface area contributed by atoms with Crippen LogP contribution in [0.25, 0.3) is 12.2 Å². The van der Waals surface area contributed by atoms with Crippen molar-refractivity contribution in [3.8, 4) is 0 Å². The molecule has 47 heavy (non-hydrogen) atoms. The zero-order valence-corrected chi connectivity index (χ0v) is 29.0. The van der Waals surface area contributed by atoms with E-state index in [9.17, 15) is 0 Å². The lowest BCUT2D eigenvalue weighted by molar-refractivity contribution is 0.349. The molecule has 8 aliphatic rings. The van der Waals surface area contributed by atoms with Gasteiger partial charge in [-0.2, -0.15) is 0 Å². The second-order valence-electron chi connectivity index (χ2n) is 15.1. The highest BCUT2D eigenvalue weighted by atomic mass is 31.1. The molecular formula is C45H42P2. The van der Waals surface area contributed by atoms with Crippen LogP contribution >= 0.6 is 16.4 Å². The van der Waals surface area contributed by atoms with Crippen LogP contribution in [0.15, 0.2) is 132 Å². The van der Waals surface area contributed by atoms with E-state index in [0.29, 0.717) is 0 Å². The lowest BCUT2D eigenvalue weighted by Gasteiger charge is -2.53. The average Bonchev–Trinajstić information content (AvgIpc) is 3.42. The van der Waals surface area contributed by atoms with Gasteiger partial charge in [-0.05, 0) is 95.4 Å². The molecule has 6 aliphatic carbocycles. The fourth-order valence-corrected chi connectivity index (χ4v) is 13.7. The third-order valence-corrected chi connectivity index (χ3v) is 15.8. The number of allylic oxidation sites excluding steroid dienone is 14. The van der Waals surface area contributed by atoms with Crippen molar-refractivity contribution in [3.63, 3.8) is 0 Å². The molecular weight excluding hydrogens is 602 g/mol. The van der Waals surface area contributed by atoms with Gasteiger partial charge in [0.25, 0.3) is 0 Å². The zero-order valence-electron chi connectivity index (χ0n) is 27.2. The van der Waals surface area contributed by atoms with Gasteiger partial charge >= 0.3 is 0 Å². The Morgan fingerprint density at radius 2 is 0.915 bits per heavy atom. The van der Waals surface area contributed by atoms with Crippen molar-refractivity contribution < 1.29 is 0 Å². The fraction of sp³-hybridized carbons (Fsp3) is 0.333. The molecule has 232 valence electrons. The summed E-state index contributed by atoms with van der Waals surface area (Å²) in [7, 11) is 2.95. The first kappa shape index (κ1) is 28.7. The summed E-state index contributed by atoms with van der Waals surface area (Å²) in [6, 6.07) is 18.5. The van der Waals surface area contributed by atoms with Crippen LogP contribution in [-0.2, 0) is 10.8 Å². The topological polar surface area (TPSA) is 0 Å². The first-order valence-electron chi connectivity index (χ1n) is 18.0. The molecule has 2 aromatic carbocycles. The SMILES string of the molecule is C1=CC23C=Cc4ccccc4C2(C=CC2=C3CCCC2)CP=C1CC1=PCC23C=CC4=C(CCCC4)C2(C=C1)C=Cc1ccccc13. The molecule has 0 aromatic heterocycles. The number of fused-ring (bicyclic) bond motifs is 2. The first-order chi connectivity index (χ1) is 23.2. The van der Waals surface area contributed by atoms with Gasteiger partial charge in [-0.3, -0.25) is 0 Å². The fourth-order valence-electron chi connectivity index (χ4n) is 10.7. The quantitative estimate of drug-likeness (QED) is 0.285. The van der Waals surface area contributed by atoms with E-state index in [0.717, 1.165) is 18.7 Å². The van der Waals surface area contributed by atoms with Gasteiger partial charge in [0, 0.05) is 40.4 Å². The van der Waals surface area contributed by atoms with Gasteiger partial charge < -0.3 is 0 Å². The van der Waals surface area contributed by atoms with Crippen molar-refractivity contribution in [1.29, 1.82) is 0 Å². The molecule has 2 aromatic rings. The molecule has 0 fully saturated rings. The van der Waals surface area contributed by atoms with Crippen LogP contribution in [0.1, 0.15) is 80.0 Å². The van der Waals surface area contributed by atoms with Gasteiger partial charge in [-0.15, -0.1) is 0 Å². The second-order valence-corrected chi connectivity index (χ2v) is 17.5. The molecule has 0 bridgehead atoms. The molecule has 10 rings (SSSR count). The second kappa shape index (κ2) is 10.6. The minimum absolute atomic E-state index is 0.0129. The van der Waals surface area contributed by atoms with Crippen LogP contribution in [0.3, 0.4) is 0 Å². The Morgan fingerprint density at radius 3 is 1.43 bits per heavy atom. The summed E-state index contributed by atoms with van der Waals surface area (Å²) in [5.74, 6) is 0. The van der Waals surface area contributed by atoms with Crippen LogP contribution in [-0.4, -0.2) is 22.9 Å². The normalized spacial score (nSPS) is 34.6. The maximum atomic E-state index is 2.66. The van der Waals surface area contributed by atoms with Gasteiger partial charge in [-0.1, -0.05) is 149 Å². The molecule has 2 heteroatoms. The predicted octanol–water partition coefficient (Wildman–Crippen LogP) is 11.5. The Balaban J connectivity index is 1.06. The van der Waals surface area contributed by atoms with Crippen molar-refractivity contribution in [2.45, 2.75) is 68.6 Å². The van der Waals surface area contributed by atoms with Gasteiger partial charge in [0.15, 0.2) is 0 Å². The van der Waals surface area contributed by atoms with E-state index in [1.54, 1.807) is 32.9 Å². The van der Waals surface area contributed by atoms with E-state index in [1.165, 1.54) is 90.0 Å². The van der Waals surface area contributed by atoms with Crippen LogP contribution in [0.2, 0.25) is 0 Å². The smallest absolute Gasteiger partial charge is 0.0422 e. The van der Waals surface area contributed by atoms with Gasteiger partial charge in [0.2, 0.25) is 0 Å². The highest BCUT2D eigenvalue weighted by Crippen LogP contribution is 2.63. The summed E-state index contributed by atoms with van der Waals surface area (Å²) in [6.45, 7) is 0. The molecule has 0 amide bonds. The maximum absolute atomic E-state index is 2.66. The Morgan fingerprint density at radius 1 is 0.468 bits per heavy atom. The van der Waals surface area contributed by atoms with E-state index in [2.05, 4.69) is 121 Å². The van der Waals surface area contributed by atoms with Crippen LogP contribution < -0.4 is 0 Å². The molecule has 2 heterocycles. The van der Waals surface area contributed by atoms with Crippen LogP contribution in [0, 0.1) is 10.8 Å². The first-order valence-corrected chi connectivity index (χ1v) is 20.2. The standard InChI is InChI=1S/C45H42P2/c1-5-13-38-32(9-1)19-25-44-30-46-36(21-27-42(38,44)23-17-34-11-3-7-15-40(34)44)29-37-22-28-43-24-18-35-12-4-8-16-41(35)45(43,31-47-37)26-20-33-10-2-6-14-39(33)43/h3-4,7-8,11-12,15-28H,1-2,5-6,9-10,13-14,29-31H2. The third-order valence-electron chi connectivity index (χ3n) is 13.1. The van der Waals surface area contributed by atoms with E-state index in [1.807, 2.05) is 0 Å². The predicted molar refractivity (Wildman–Crippen MR) is 205 cm³/mol. The average molecular weight is 645 g/mol. The zero-order chi connectivity index (χ0) is 31.1. The minimum Gasteiger partial charge on any atom is -0.0993 e. The summed E-state index contributed by atoms with van der Waals surface area (Å²) >= 11 is 0. The van der Waals surface area contributed by atoms with E-state index < -0.39 is 0 Å². The van der Waals surface area contributed by atoms with Gasteiger partial charge in [0.05, 0.1) is 0 Å². The summed E-state index contributed by atoms with van der Waals surface area (Å²) in [6.07, 6.45) is 44.5. The molecule has 0 saturated heterocycles. The van der Waals surface area contributed by atoms with E-state index in [-0.39, 0.29) is 21.7 Å². The van der Waals surface area contributed by atoms with Crippen LogP contribution in [0.5, 0.6) is 0 Å². The van der Waals surface area contributed by atoms with Crippen molar-refractivity contribution in [2.75, 3.05) is 12.3 Å². The Labute approximate surface area is 283 Å². The van der Waals surface area contributed by atoms with Crippen LogP contribution in [0.4, 0.5) is 0 Å². The summed E-state index contributed by atoms with van der Waals surface area (Å²) in [5, 5.41) is 3.16. The minimum atomic E-state index is -0.0484. The molecule has 0 nitrogen and oxygen atoms in total. The highest BCUT2D eigenvalue weighted by molar-refractivity contribution is 7.44. The van der Waals surface area contributed by atoms with Crippen molar-refractivity contribution in [3.05, 3.63) is 154 Å². The van der Waals surface area contributed by atoms with Crippen molar-refractivity contribution >= 4 is 39.1 Å². The van der Waals surface area contributed by atoms with Crippen molar-refractivity contribution in [1.82, 2.24) is 0 Å². The molecule has 0 spiro atoms. The van der Waals surface area contributed by atoms with E-state index >= 15 is 0 Å². The lowest BCUT2D eigenvalue weighted by Crippen LogP contribution is -2.49. The lowest BCUT2D eigenvalue weighted by atomic mass is 9.50. The molecule has 4 atom stereocenters. The summed E-state index contributed by atoms with van der Waals surface area (Å²) < 4.78 is 0. The Bertz CT molecular complexity index is 1890. The largest absolute Gasteiger partial charge is 0.0993 e. The number of benzene rings is 2. The molecule has 0 saturated carbocycles. The van der Waals surface area contributed by atoms with Gasteiger partial charge in [0.1, 0.15) is 0 Å². The summed E-state index contributed by atoms with van der Waals surface area (Å²) in [5.41, 5.74) is 12.4. The highest BCUT2D eigenvalue weighted by Gasteiger charge is 2.56. The number of rotatable bonds is 2. The number of hydrogen-bond acceptors (Lipinski definition) is 0. The molecule has 4 unspecified atom stereocenters. The Hall–Kier alpha value is -3.30. The monoisotopic (exact) mass is 644 g/mol. The maximum Gasteiger partial charge on any atom is 0.0422 e. The van der Waals surface area contributed by atoms with Crippen molar-refractivity contribution in [2.24, 2.45) is 10.8 Å². The Kier molecular flexibility index (Phi) is 6.47. The third kappa shape index (κ3) is 3.90. The molecule has 0 N–H and O–H groups in total. The molecule has 0 radical (unpaired) electrons.